The van der Waals surface area contributed by atoms with Gasteiger partial charge in [0.05, 0.1) is 0 Å². The molecule has 0 radical (unpaired) electrons. The molecule has 0 saturated heterocycles. The second-order valence-corrected chi connectivity index (χ2v) is 5.61. The van der Waals surface area contributed by atoms with Crippen LogP contribution in [0.5, 0.6) is 0 Å². The number of benzene rings is 1. The normalized spacial score (nSPS) is 13.9. The highest BCUT2D eigenvalue weighted by atomic mass is 35.5. The van der Waals surface area contributed by atoms with Gasteiger partial charge in [0, 0.05) is 10.6 Å². The molecule has 0 aliphatic heterocycles. The second-order valence-electron chi connectivity index (χ2n) is 5.20. The first-order valence-corrected chi connectivity index (χ1v) is 5.87. The van der Waals surface area contributed by atoms with E-state index < -0.39 is 0 Å². The van der Waals surface area contributed by atoms with E-state index in [1.165, 1.54) is 6.07 Å². The first kappa shape index (κ1) is 13.5. The van der Waals surface area contributed by atoms with Crippen molar-refractivity contribution in [3.05, 3.63) is 34.6 Å². The van der Waals surface area contributed by atoms with Gasteiger partial charge in [-0.25, -0.2) is 4.39 Å². The highest BCUT2D eigenvalue weighted by molar-refractivity contribution is 6.31. The molecule has 90 valence electrons. The predicted octanol–water partition coefficient (Wildman–Crippen LogP) is 3.64. The van der Waals surface area contributed by atoms with Crippen LogP contribution in [-0.4, -0.2) is 6.54 Å². The van der Waals surface area contributed by atoms with Crippen molar-refractivity contribution in [3.63, 3.8) is 0 Å². The number of rotatable bonds is 3. The van der Waals surface area contributed by atoms with Crippen LogP contribution in [0.3, 0.4) is 0 Å². The van der Waals surface area contributed by atoms with Gasteiger partial charge in [0.15, 0.2) is 0 Å². The molecule has 0 bridgehead atoms. The lowest BCUT2D eigenvalue weighted by Gasteiger charge is -2.30. The molecule has 3 heteroatoms. The molecule has 0 aliphatic carbocycles. The Morgan fingerprint density at radius 1 is 1.38 bits per heavy atom. The number of nitrogens with two attached hydrogens (primary N) is 1. The lowest BCUT2D eigenvalue weighted by molar-refractivity contribution is 0.244. The van der Waals surface area contributed by atoms with Crippen LogP contribution in [0.15, 0.2) is 18.2 Å². The summed E-state index contributed by atoms with van der Waals surface area (Å²) in [6.07, 6.45) is 0.589. The van der Waals surface area contributed by atoms with Crippen molar-refractivity contribution in [3.8, 4) is 0 Å². The van der Waals surface area contributed by atoms with Crippen molar-refractivity contribution in [2.75, 3.05) is 6.54 Å². The minimum atomic E-state index is -0.241. The topological polar surface area (TPSA) is 26.0 Å². The van der Waals surface area contributed by atoms with E-state index in [2.05, 4.69) is 20.8 Å². The molecule has 0 aromatic heterocycles. The van der Waals surface area contributed by atoms with Crippen molar-refractivity contribution in [2.45, 2.75) is 27.2 Å². The highest BCUT2D eigenvalue weighted by Crippen LogP contribution is 2.31. The Hall–Kier alpha value is -0.600. The Morgan fingerprint density at radius 2 is 2.00 bits per heavy atom. The molecule has 16 heavy (non-hydrogen) atoms. The third kappa shape index (κ3) is 3.19. The standard InChI is InChI=1S/C13H19ClFN/c1-13(2,3)9(8-16)7-10-11(14)5-4-6-12(10)15/h4-6,9H,7-8,16H2,1-3H3. The summed E-state index contributed by atoms with van der Waals surface area (Å²) < 4.78 is 13.6. The molecule has 1 nitrogen and oxygen atoms in total. The van der Waals surface area contributed by atoms with E-state index in [0.717, 1.165) is 0 Å². The largest absolute Gasteiger partial charge is 0.330 e. The monoisotopic (exact) mass is 243 g/mol. The van der Waals surface area contributed by atoms with Gasteiger partial charge in [0.1, 0.15) is 5.82 Å². The Morgan fingerprint density at radius 3 is 2.44 bits per heavy atom. The average molecular weight is 244 g/mol. The van der Waals surface area contributed by atoms with E-state index in [1.807, 2.05) is 0 Å². The molecule has 1 unspecified atom stereocenters. The molecule has 0 fully saturated rings. The zero-order valence-corrected chi connectivity index (χ0v) is 10.8. The number of hydrogen-bond donors (Lipinski definition) is 1. The van der Waals surface area contributed by atoms with Crippen molar-refractivity contribution >= 4 is 11.6 Å². The van der Waals surface area contributed by atoms with Gasteiger partial charge in [-0.05, 0) is 36.4 Å². The first-order valence-electron chi connectivity index (χ1n) is 5.49. The van der Waals surface area contributed by atoms with Gasteiger partial charge >= 0.3 is 0 Å². The quantitative estimate of drug-likeness (QED) is 0.862. The van der Waals surface area contributed by atoms with E-state index >= 15 is 0 Å². The fraction of sp³-hybridized carbons (Fsp3) is 0.538. The Bertz CT molecular complexity index is 337. The van der Waals surface area contributed by atoms with Crippen LogP contribution in [0.4, 0.5) is 4.39 Å². The van der Waals surface area contributed by atoms with E-state index in [9.17, 15) is 4.39 Å². The smallest absolute Gasteiger partial charge is 0.127 e. The van der Waals surface area contributed by atoms with Crippen molar-refractivity contribution in [2.24, 2.45) is 17.1 Å². The predicted molar refractivity (Wildman–Crippen MR) is 67.1 cm³/mol. The Kier molecular flexibility index (Phi) is 4.34. The molecule has 0 amide bonds. The van der Waals surface area contributed by atoms with Gasteiger partial charge in [-0.2, -0.15) is 0 Å². The summed E-state index contributed by atoms with van der Waals surface area (Å²) in [4.78, 5) is 0. The summed E-state index contributed by atoms with van der Waals surface area (Å²) in [6.45, 7) is 6.87. The van der Waals surface area contributed by atoms with Crippen LogP contribution in [0.1, 0.15) is 26.3 Å². The molecule has 0 saturated carbocycles. The summed E-state index contributed by atoms with van der Waals surface area (Å²) >= 11 is 6.00. The third-order valence-electron chi connectivity index (χ3n) is 3.02. The van der Waals surface area contributed by atoms with Gasteiger partial charge in [-0.3, -0.25) is 0 Å². The zero-order chi connectivity index (χ0) is 12.3. The molecular weight excluding hydrogens is 225 g/mol. The summed E-state index contributed by atoms with van der Waals surface area (Å²) in [5.41, 5.74) is 6.38. The zero-order valence-electron chi connectivity index (χ0n) is 10.1. The van der Waals surface area contributed by atoms with Crippen LogP contribution in [0, 0.1) is 17.2 Å². The lowest BCUT2D eigenvalue weighted by atomic mass is 9.77. The van der Waals surface area contributed by atoms with E-state index in [-0.39, 0.29) is 17.2 Å². The van der Waals surface area contributed by atoms with Crippen LogP contribution in [0.2, 0.25) is 5.02 Å². The van der Waals surface area contributed by atoms with E-state index in [4.69, 9.17) is 17.3 Å². The molecule has 1 atom stereocenters. The molecule has 0 aliphatic rings. The summed E-state index contributed by atoms with van der Waals surface area (Å²) in [5.74, 6) is -0.0166. The summed E-state index contributed by atoms with van der Waals surface area (Å²) in [6, 6.07) is 4.78. The fourth-order valence-electron chi connectivity index (χ4n) is 1.72. The van der Waals surface area contributed by atoms with Crippen LogP contribution in [-0.2, 0) is 6.42 Å². The van der Waals surface area contributed by atoms with Gasteiger partial charge in [-0.1, -0.05) is 38.4 Å². The molecule has 0 spiro atoms. The lowest BCUT2D eigenvalue weighted by Crippen LogP contribution is -2.30. The maximum Gasteiger partial charge on any atom is 0.127 e. The molecule has 1 rings (SSSR count). The first-order chi connectivity index (χ1) is 7.36. The van der Waals surface area contributed by atoms with Crippen LogP contribution in [0.25, 0.3) is 0 Å². The molecule has 1 aromatic carbocycles. The fourth-order valence-corrected chi connectivity index (χ4v) is 1.96. The summed E-state index contributed by atoms with van der Waals surface area (Å²) in [5, 5.41) is 0.489. The van der Waals surface area contributed by atoms with Crippen molar-refractivity contribution < 1.29 is 4.39 Å². The molecule has 0 heterocycles. The van der Waals surface area contributed by atoms with Gasteiger partial charge in [-0.15, -0.1) is 0 Å². The van der Waals surface area contributed by atoms with Crippen molar-refractivity contribution in [1.29, 1.82) is 0 Å². The average Bonchev–Trinajstić information content (AvgIpc) is 2.15. The Labute approximate surface area is 102 Å². The number of halogens is 2. The van der Waals surface area contributed by atoms with Crippen LogP contribution >= 0.6 is 11.6 Å². The minimum absolute atomic E-state index is 0.0559. The molecule has 1 aromatic rings. The van der Waals surface area contributed by atoms with Crippen LogP contribution < -0.4 is 5.73 Å². The van der Waals surface area contributed by atoms with Crippen molar-refractivity contribution in [1.82, 2.24) is 0 Å². The highest BCUT2D eigenvalue weighted by Gasteiger charge is 2.25. The minimum Gasteiger partial charge on any atom is -0.330 e. The maximum atomic E-state index is 13.6. The third-order valence-corrected chi connectivity index (χ3v) is 3.38. The molecule has 2 N–H and O–H groups in total. The second kappa shape index (κ2) is 5.15. The Balaban J connectivity index is 2.95. The van der Waals surface area contributed by atoms with Gasteiger partial charge in [0.2, 0.25) is 0 Å². The SMILES string of the molecule is CC(C)(C)C(CN)Cc1c(F)cccc1Cl. The number of hydrogen-bond acceptors (Lipinski definition) is 1. The van der Waals surface area contributed by atoms with Gasteiger partial charge < -0.3 is 5.73 Å². The van der Waals surface area contributed by atoms with Gasteiger partial charge in [0.25, 0.3) is 0 Å². The maximum absolute atomic E-state index is 13.6. The van der Waals surface area contributed by atoms with E-state index in [0.29, 0.717) is 23.6 Å². The summed E-state index contributed by atoms with van der Waals surface area (Å²) in [7, 11) is 0. The molecular formula is C13H19ClFN. The van der Waals surface area contributed by atoms with E-state index in [1.54, 1.807) is 12.1 Å².